The van der Waals surface area contributed by atoms with Gasteiger partial charge in [-0.25, -0.2) is 4.79 Å². The number of carbonyl (C=O) groups is 1. The molecule has 80 valence electrons. The van der Waals surface area contributed by atoms with Crippen LogP contribution in [0.25, 0.3) is 5.57 Å². The second kappa shape index (κ2) is 5.56. The molecule has 4 heteroatoms. The Kier molecular flexibility index (Phi) is 4.37. The third-order valence-corrected chi connectivity index (χ3v) is 2.52. The van der Waals surface area contributed by atoms with Crippen molar-refractivity contribution in [2.24, 2.45) is 0 Å². The van der Waals surface area contributed by atoms with E-state index in [1.54, 1.807) is 12.1 Å². The number of benzene rings is 1. The summed E-state index contributed by atoms with van der Waals surface area (Å²) in [5, 5.41) is 9.62. The lowest BCUT2D eigenvalue weighted by atomic mass is 10.0. The van der Waals surface area contributed by atoms with E-state index < -0.39 is 5.97 Å². The first-order chi connectivity index (χ1) is 7.20. The maximum Gasteiger partial charge on any atom is 0.339 e. The van der Waals surface area contributed by atoms with Crippen molar-refractivity contribution in [2.45, 2.75) is 5.33 Å². The Morgan fingerprint density at radius 2 is 2.20 bits per heavy atom. The lowest BCUT2D eigenvalue weighted by Gasteiger charge is -2.07. The minimum absolute atomic E-state index is 0.160. The number of methoxy groups -OCH3 is 1. The van der Waals surface area contributed by atoms with Crippen LogP contribution in [0, 0.1) is 0 Å². The number of ether oxygens (including phenoxy) is 1. The summed E-state index contributed by atoms with van der Waals surface area (Å²) in [6, 6.07) is 7.30. The van der Waals surface area contributed by atoms with Gasteiger partial charge in [0.05, 0.1) is 13.4 Å². The summed E-state index contributed by atoms with van der Waals surface area (Å²) in [4.78, 5) is 11.0. The first kappa shape index (κ1) is 11.8. The number of rotatable bonds is 4. The van der Waals surface area contributed by atoms with Crippen molar-refractivity contribution < 1.29 is 14.6 Å². The summed E-state index contributed by atoms with van der Waals surface area (Å²) in [7, 11) is 1.43. The molecule has 15 heavy (non-hydrogen) atoms. The van der Waals surface area contributed by atoms with Crippen LogP contribution >= 0.6 is 15.9 Å². The van der Waals surface area contributed by atoms with E-state index in [1.807, 2.05) is 12.1 Å². The van der Waals surface area contributed by atoms with E-state index in [9.17, 15) is 4.79 Å². The molecule has 0 amide bonds. The van der Waals surface area contributed by atoms with E-state index in [2.05, 4.69) is 15.9 Å². The van der Waals surface area contributed by atoms with Crippen LogP contribution in [-0.4, -0.2) is 18.2 Å². The molecule has 0 aliphatic rings. The molecule has 0 fully saturated rings. The normalized spacial score (nSPS) is 11.2. The number of carboxylic acids is 1. The van der Waals surface area contributed by atoms with Crippen LogP contribution in [0.5, 0.6) is 0 Å². The van der Waals surface area contributed by atoms with E-state index in [-0.39, 0.29) is 5.57 Å². The van der Waals surface area contributed by atoms with E-state index in [0.29, 0.717) is 10.9 Å². The zero-order chi connectivity index (χ0) is 11.3. The summed E-state index contributed by atoms with van der Waals surface area (Å²) in [5.41, 5.74) is 1.75. The second-order valence-corrected chi connectivity index (χ2v) is 3.42. The second-order valence-electron chi connectivity index (χ2n) is 2.86. The fourth-order valence-electron chi connectivity index (χ4n) is 1.25. The molecular formula is C11H11BrO3. The van der Waals surface area contributed by atoms with Crippen LogP contribution in [-0.2, 0) is 14.9 Å². The van der Waals surface area contributed by atoms with Crippen LogP contribution in [0.1, 0.15) is 11.1 Å². The molecule has 0 saturated heterocycles. The molecule has 0 atom stereocenters. The first-order valence-electron chi connectivity index (χ1n) is 4.31. The Morgan fingerprint density at radius 1 is 1.53 bits per heavy atom. The van der Waals surface area contributed by atoms with Gasteiger partial charge in [-0.3, -0.25) is 0 Å². The number of aliphatic carboxylic acids is 1. The van der Waals surface area contributed by atoms with Crippen molar-refractivity contribution in [3.63, 3.8) is 0 Å². The standard InChI is InChI=1S/C11H11BrO3/c1-15-7-10(11(13)14)9-5-3-2-4-8(9)6-12/h2-5,7H,6H2,1H3,(H,13,14)/b10-7+. The zero-order valence-corrected chi connectivity index (χ0v) is 9.82. The quantitative estimate of drug-likeness (QED) is 0.520. The van der Waals surface area contributed by atoms with Crippen LogP contribution in [0.15, 0.2) is 30.5 Å². The van der Waals surface area contributed by atoms with Crippen molar-refractivity contribution in [1.29, 1.82) is 0 Å². The lowest BCUT2D eigenvalue weighted by molar-refractivity contribution is -0.130. The Hall–Kier alpha value is -1.29. The molecular weight excluding hydrogens is 260 g/mol. The van der Waals surface area contributed by atoms with Gasteiger partial charge in [0.15, 0.2) is 0 Å². The number of hydrogen-bond donors (Lipinski definition) is 1. The van der Waals surface area contributed by atoms with Gasteiger partial charge >= 0.3 is 5.97 Å². The molecule has 3 nitrogen and oxygen atoms in total. The number of halogens is 1. The monoisotopic (exact) mass is 270 g/mol. The first-order valence-corrected chi connectivity index (χ1v) is 5.43. The molecule has 0 aromatic heterocycles. The Labute approximate surface area is 96.5 Å². The molecule has 0 unspecified atom stereocenters. The molecule has 1 aromatic rings. The highest BCUT2D eigenvalue weighted by Crippen LogP contribution is 2.21. The van der Waals surface area contributed by atoms with Gasteiger partial charge in [-0.05, 0) is 11.1 Å². The summed E-state index contributed by atoms with van der Waals surface area (Å²) in [6.45, 7) is 0. The molecule has 1 N–H and O–H groups in total. The molecule has 1 aromatic carbocycles. The van der Waals surface area contributed by atoms with Crippen LogP contribution < -0.4 is 0 Å². The van der Waals surface area contributed by atoms with Gasteiger partial charge in [0.25, 0.3) is 0 Å². The van der Waals surface area contributed by atoms with E-state index >= 15 is 0 Å². The fraction of sp³-hybridized carbons (Fsp3) is 0.182. The highest BCUT2D eigenvalue weighted by Gasteiger charge is 2.13. The van der Waals surface area contributed by atoms with Gasteiger partial charge in [0, 0.05) is 5.33 Å². The van der Waals surface area contributed by atoms with E-state index in [1.165, 1.54) is 13.4 Å². The summed E-state index contributed by atoms with van der Waals surface area (Å²) in [5.74, 6) is -0.995. The predicted octanol–water partition coefficient (Wildman–Crippen LogP) is 2.65. The zero-order valence-electron chi connectivity index (χ0n) is 8.24. The summed E-state index contributed by atoms with van der Waals surface area (Å²) in [6.07, 6.45) is 1.24. The molecule has 0 heterocycles. The molecule has 0 saturated carbocycles. The maximum absolute atomic E-state index is 11.0. The number of hydrogen-bond acceptors (Lipinski definition) is 2. The minimum Gasteiger partial charge on any atom is -0.503 e. The highest BCUT2D eigenvalue weighted by molar-refractivity contribution is 9.08. The van der Waals surface area contributed by atoms with Gasteiger partial charge < -0.3 is 9.84 Å². The Bertz CT molecular complexity index is 385. The number of carboxylic acid groups (broad SMARTS) is 1. The largest absolute Gasteiger partial charge is 0.503 e. The third kappa shape index (κ3) is 2.83. The van der Waals surface area contributed by atoms with Crippen molar-refractivity contribution in [3.05, 3.63) is 41.7 Å². The van der Waals surface area contributed by atoms with Gasteiger partial charge in [-0.2, -0.15) is 0 Å². The maximum atomic E-state index is 11.0. The lowest BCUT2D eigenvalue weighted by Crippen LogP contribution is -2.02. The molecule has 1 rings (SSSR count). The van der Waals surface area contributed by atoms with Crippen LogP contribution in [0.2, 0.25) is 0 Å². The molecule has 0 bridgehead atoms. The van der Waals surface area contributed by atoms with E-state index in [0.717, 1.165) is 5.56 Å². The van der Waals surface area contributed by atoms with E-state index in [4.69, 9.17) is 9.84 Å². The predicted molar refractivity (Wildman–Crippen MR) is 61.7 cm³/mol. The van der Waals surface area contributed by atoms with Crippen molar-refractivity contribution in [2.75, 3.05) is 7.11 Å². The molecule has 0 aliphatic carbocycles. The smallest absolute Gasteiger partial charge is 0.339 e. The number of alkyl halides is 1. The topological polar surface area (TPSA) is 46.5 Å². The average molecular weight is 271 g/mol. The van der Waals surface area contributed by atoms with Gasteiger partial charge in [0.2, 0.25) is 0 Å². The fourth-order valence-corrected chi connectivity index (χ4v) is 1.74. The molecule has 0 radical (unpaired) electrons. The van der Waals surface area contributed by atoms with Crippen molar-refractivity contribution in [3.8, 4) is 0 Å². The molecule has 0 aliphatic heterocycles. The highest BCUT2D eigenvalue weighted by atomic mass is 79.9. The Balaban J connectivity index is 3.22. The third-order valence-electron chi connectivity index (χ3n) is 1.92. The van der Waals surface area contributed by atoms with Gasteiger partial charge in [-0.15, -0.1) is 0 Å². The van der Waals surface area contributed by atoms with Gasteiger partial charge in [-0.1, -0.05) is 40.2 Å². The van der Waals surface area contributed by atoms with Crippen LogP contribution in [0.3, 0.4) is 0 Å². The average Bonchev–Trinajstić information content (AvgIpc) is 2.25. The minimum atomic E-state index is -0.995. The summed E-state index contributed by atoms with van der Waals surface area (Å²) >= 11 is 3.32. The van der Waals surface area contributed by atoms with Gasteiger partial charge in [0.1, 0.15) is 5.57 Å². The summed E-state index contributed by atoms with van der Waals surface area (Å²) < 4.78 is 4.76. The van der Waals surface area contributed by atoms with Crippen molar-refractivity contribution in [1.82, 2.24) is 0 Å². The van der Waals surface area contributed by atoms with Crippen molar-refractivity contribution >= 4 is 27.5 Å². The molecule has 0 spiro atoms. The SMILES string of the molecule is CO/C=C(/C(=O)O)c1ccccc1CBr. The Morgan fingerprint density at radius 3 is 2.73 bits per heavy atom. The van der Waals surface area contributed by atoms with Crippen LogP contribution in [0.4, 0.5) is 0 Å².